The van der Waals surface area contributed by atoms with Crippen LogP contribution in [0.25, 0.3) is 0 Å². The highest BCUT2D eigenvalue weighted by atomic mass is 16.1. The Kier molecular flexibility index (Phi) is 4.00. The minimum Gasteiger partial charge on any atom is -0.366 e. The van der Waals surface area contributed by atoms with Gasteiger partial charge in [0.15, 0.2) is 0 Å². The lowest BCUT2D eigenvalue weighted by Gasteiger charge is -2.07. The van der Waals surface area contributed by atoms with Crippen LogP contribution in [0.1, 0.15) is 41.2 Å². The topological polar surface area (TPSA) is 60.9 Å². The van der Waals surface area contributed by atoms with Gasteiger partial charge in [-0.1, -0.05) is 26.0 Å². The maximum absolute atomic E-state index is 11.2. The monoisotopic (exact) mass is 257 g/mol. The van der Waals surface area contributed by atoms with E-state index < -0.39 is 5.91 Å². The zero-order chi connectivity index (χ0) is 13.8. The molecule has 1 aromatic heterocycles. The van der Waals surface area contributed by atoms with Gasteiger partial charge in [-0.3, -0.25) is 9.48 Å². The zero-order valence-electron chi connectivity index (χ0n) is 11.4. The van der Waals surface area contributed by atoms with E-state index in [0.29, 0.717) is 12.1 Å². The van der Waals surface area contributed by atoms with Gasteiger partial charge in [-0.05, 0) is 36.6 Å². The van der Waals surface area contributed by atoms with Crippen molar-refractivity contribution in [1.82, 2.24) is 9.78 Å². The number of amides is 1. The molecule has 0 atom stereocenters. The molecular formula is C15H19N3O. The number of hydrogen-bond donors (Lipinski definition) is 1. The van der Waals surface area contributed by atoms with Crippen molar-refractivity contribution in [2.75, 3.05) is 0 Å². The van der Waals surface area contributed by atoms with Gasteiger partial charge in [0.2, 0.25) is 5.91 Å². The molecule has 0 radical (unpaired) electrons. The van der Waals surface area contributed by atoms with E-state index in [2.05, 4.69) is 25.0 Å². The first-order valence-electron chi connectivity index (χ1n) is 6.58. The molecule has 0 spiro atoms. The van der Waals surface area contributed by atoms with Crippen molar-refractivity contribution < 1.29 is 4.79 Å². The molecule has 2 N–H and O–H groups in total. The summed E-state index contributed by atoms with van der Waals surface area (Å²) in [5, 5.41) is 4.57. The number of aromatic nitrogens is 2. The normalized spacial score (nSPS) is 10.6. The predicted molar refractivity (Wildman–Crippen MR) is 75.0 cm³/mol. The third-order valence-electron chi connectivity index (χ3n) is 3.18. The first-order chi connectivity index (χ1) is 9.13. The number of nitrogens with zero attached hydrogens (tertiary/aromatic N) is 2. The average molecular weight is 257 g/mol. The number of primary amides is 1. The van der Waals surface area contributed by atoms with E-state index in [1.807, 2.05) is 22.9 Å². The Balaban J connectivity index is 2.27. The first-order valence-corrected chi connectivity index (χ1v) is 6.58. The second-order valence-electron chi connectivity index (χ2n) is 4.56. The number of benzene rings is 1. The van der Waals surface area contributed by atoms with Gasteiger partial charge in [0, 0.05) is 11.3 Å². The largest absolute Gasteiger partial charge is 0.366 e. The molecule has 0 aliphatic carbocycles. The van der Waals surface area contributed by atoms with Gasteiger partial charge in [-0.15, -0.1) is 0 Å². The SMILES string of the molecule is CCc1cc(CC)n(Cc2cccc(C(N)=O)c2)n1. The summed E-state index contributed by atoms with van der Waals surface area (Å²) in [4.78, 5) is 11.2. The average Bonchev–Trinajstić information content (AvgIpc) is 2.81. The van der Waals surface area contributed by atoms with Crippen molar-refractivity contribution in [1.29, 1.82) is 0 Å². The van der Waals surface area contributed by atoms with Gasteiger partial charge in [0.25, 0.3) is 0 Å². The summed E-state index contributed by atoms with van der Waals surface area (Å²) in [5.74, 6) is -0.396. The lowest BCUT2D eigenvalue weighted by molar-refractivity contribution is 0.1000. The van der Waals surface area contributed by atoms with E-state index in [0.717, 1.165) is 24.1 Å². The molecule has 0 fully saturated rings. The molecule has 4 heteroatoms. The van der Waals surface area contributed by atoms with Crippen LogP contribution in [0.4, 0.5) is 0 Å². The summed E-state index contributed by atoms with van der Waals surface area (Å²) in [7, 11) is 0. The van der Waals surface area contributed by atoms with Gasteiger partial charge in [0.05, 0.1) is 12.2 Å². The van der Waals surface area contributed by atoms with Crippen LogP contribution in [0.3, 0.4) is 0 Å². The molecule has 100 valence electrons. The smallest absolute Gasteiger partial charge is 0.248 e. The molecule has 0 aliphatic rings. The molecule has 0 saturated heterocycles. The molecule has 0 aliphatic heterocycles. The number of carbonyl (C=O) groups excluding carboxylic acids is 1. The molecule has 0 unspecified atom stereocenters. The summed E-state index contributed by atoms with van der Waals surface area (Å²) in [6, 6.07) is 9.53. The fourth-order valence-corrected chi connectivity index (χ4v) is 2.11. The zero-order valence-corrected chi connectivity index (χ0v) is 11.4. The van der Waals surface area contributed by atoms with Crippen LogP contribution in [0, 0.1) is 0 Å². The second kappa shape index (κ2) is 5.69. The van der Waals surface area contributed by atoms with E-state index in [-0.39, 0.29) is 0 Å². The molecule has 4 nitrogen and oxygen atoms in total. The van der Waals surface area contributed by atoms with Crippen LogP contribution in [0.15, 0.2) is 30.3 Å². The van der Waals surface area contributed by atoms with Gasteiger partial charge in [-0.2, -0.15) is 5.10 Å². The molecule has 2 rings (SSSR count). The molecule has 1 heterocycles. The van der Waals surface area contributed by atoms with E-state index >= 15 is 0 Å². The van der Waals surface area contributed by atoms with Gasteiger partial charge >= 0.3 is 0 Å². The summed E-state index contributed by atoms with van der Waals surface area (Å²) in [5.41, 5.74) is 9.18. The number of nitrogens with two attached hydrogens (primary N) is 1. The maximum Gasteiger partial charge on any atom is 0.248 e. The third kappa shape index (κ3) is 3.02. The van der Waals surface area contributed by atoms with Gasteiger partial charge in [0.1, 0.15) is 0 Å². The standard InChI is InChI=1S/C15H19N3O/c1-3-13-9-14(4-2)18(17-13)10-11-6-5-7-12(8-11)15(16)19/h5-9H,3-4,10H2,1-2H3,(H2,16,19). The third-order valence-corrected chi connectivity index (χ3v) is 3.18. The first kappa shape index (κ1) is 13.3. The van der Waals surface area contributed by atoms with E-state index in [1.54, 1.807) is 6.07 Å². The summed E-state index contributed by atoms with van der Waals surface area (Å²) >= 11 is 0. The summed E-state index contributed by atoms with van der Waals surface area (Å²) in [6.45, 7) is 4.89. The second-order valence-corrected chi connectivity index (χ2v) is 4.56. The number of aryl methyl sites for hydroxylation is 2. The lowest BCUT2D eigenvalue weighted by atomic mass is 10.1. The Morgan fingerprint density at radius 2 is 2.05 bits per heavy atom. The van der Waals surface area contributed by atoms with Crippen molar-refractivity contribution in [2.45, 2.75) is 33.2 Å². The van der Waals surface area contributed by atoms with Crippen molar-refractivity contribution >= 4 is 5.91 Å². The Labute approximate surface area is 113 Å². The van der Waals surface area contributed by atoms with Gasteiger partial charge < -0.3 is 5.73 Å². The Bertz CT molecular complexity index is 587. The van der Waals surface area contributed by atoms with E-state index in [1.165, 1.54) is 5.69 Å². The Morgan fingerprint density at radius 3 is 2.68 bits per heavy atom. The summed E-state index contributed by atoms with van der Waals surface area (Å²) in [6.07, 6.45) is 1.88. The highest BCUT2D eigenvalue weighted by Crippen LogP contribution is 2.11. The predicted octanol–water partition coefficient (Wildman–Crippen LogP) is 2.16. The van der Waals surface area contributed by atoms with Crippen LogP contribution in [-0.4, -0.2) is 15.7 Å². The van der Waals surface area contributed by atoms with Crippen LogP contribution in [0.5, 0.6) is 0 Å². The fraction of sp³-hybridized carbons (Fsp3) is 0.333. The van der Waals surface area contributed by atoms with Crippen molar-refractivity contribution in [3.05, 3.63) is 52.8 Å². The molecule has 0 bridgehead atoms. The van der Waals surface area contributed by atoms with Crippen molar-refractivity contribution in [2.24, 2.45) is 5.73 Å². The number of carbonyl (C=O) groups is 1. The van der Waals surface area contributed by atoms with Crippen LogP contribution < -0.4 is 5.73 Å². The quantitative estimate of drug-likeness (QED) is 0.892. The highest BCUT2D eigenvalue weighted by molar-refractivity contribution is 5.92. The fourth-order valence-electron chi connectivity index (χ4n) is 2.11. The van der Waals surface area contributed by atoms with Crippen molar-refractivity contribution in [3.8, 4) is 0 Å². The van der Waals surface area contributed by atoms with Crippen LogP contribution in [-0.2, 0) is 19.4 Å². The number of rotatable bonds is 5. The molecule has 1 aromatic carbocycles. The molecule has 1 amide bonds. The Hall–Kier alpha value is -2.10. The minimum absolute atomic E-state index is 0.396. The summed E-state index contributed by atoms with van der Waals surface area (Å²) < 4.78 is 2.00. The molecule has 2 aromatic rings. The van der Waals surface area contributed by atoms with Crippen molar-refractivity contribution in [3.63, 3.8) is 0 Å². The lowest BCUT2D eigenvalue weighted by Crippen LogP contribution is -2.12. The molecule has 0 saturated carbocycles. The molecule has 19 heavy (non-hydrogen) atoms. The minimum atomic E-state index is -0.396. The molecular weight excluding hydrogens is 238 g/mol. The Morgan fingerprint density at radius 1 is 1.26 bits per heavy atom. The van der Waals surface area contributed by atoms with E-state index in [4.69, 9.17) is 5.73 Å². The van der Waals surface area contributed by atoms with E-state index in [9.17, 15) is 4.79 Å². The van der Waals surface area contributed by atoms with Gasteiger partial charge in [-0.25, -0.2) is 0 Å². The highest BCUT2D eigenvalue weighted by Gasteiger charge is 2.07. The number of hydrogen-bond acceptors (Lipinski definition) is 2. The maximum atomic E-state index is 11.2. The van der Waals surface area contributed by atoms with Crippen LogP contribution >= 0.6 is 0 Å². The van der Waals surface area contributed by atoms with Crippen LogP contribution in [0.2, 0.25) is 0 Å².